The summed E-state index contributed by atoms with van der Waals surface area (Å²) in [5.74, 6) is 0.721. The van der Waals surface area contributed by atoms with Gasteiger partial charge in [-0.15, -0.1) is 5.10 Å². The van der Waals surface area contributed by atoms with E-state index >= 15 is 0 Å². The molecule has 0 aliphatic heterocycles. The second-order valence-electron chi connectivity index (χ2n) is 5.45. The number of halogens is 1. The minimum absolute atomic E-state index is 0.246. The molecule has 5 nitrogen and oxygen atoms in total. The lowest BCUT2D eigenvalue weighted by Crippen LogP contribution is -2.08. The fraction of sp³-hybridized carbons (Fsp3) is 0.167. The van der Waals surface area contributed by atoms with Crippen molar-refractivity contribution in [3.05, 3.63) is 77.2 Å². The molecule has 3 aromatic rings. The Kier molecular flexibility index (Phi) is 4.96. The van der Waals surface area contributed by atoms with E-state index in [4.69, 9.17) is 0 Å². The summed E-state index contributed by atoms with van der Waals surface area (Å²) >= 11 is 0. The minimum Gasteiger partial charge on any atom is -0.364 e. The van der Waals surface area contributed by atoms with E-state index in [2.05, 4.69) is 57.0 Å². The van der Waals surface area contributed by atoms with E-state index in [1.165, 1.54) is 17.8 Å². The lowest BCUT2D eigenvalue weighted by molar-refractivity contribution is 0.613. The highest BCUT2D eigenvalue weighted by molar-refractivity contribution is 5.38. The van der Waals surface area contributed by atoms with Crippen molar-refractivity contribution in [1.82, 2.24) is 15.2 Å². The van der Waals surface area contributed by atoms with Crippen molar-refractivity contribution in [3.63, 3.8) is 0 Å². The van der Waals surface area contributed by atoms with E-state index in [0.29, 0.717) is 30.4 Å². The number of rotatable bonds is 6. The van der Waals surface area contributed by atoms with Crippen molar-refractivity contribution in [1.29, 1.82) is 0 Å². The lowest BCUT2D eigenvalue weighted by atomic mass is 10.1. The molecule has 0 saturated heterocycles. The molecule has 122 valence electrons. The quantitative estimate of drug-likeness (QED) is 0.726. The number of hydrogen-bond acceptors (Lipinski definition) is 5. The van der Waals surface area contributed by atoms with Gasteiger partial charge in [0.25, 0.3) is 0 Å². The zero-order valence-corrected chi connectivity index (χ0v) is 13.3. The van der Waals surface area contributed by atoms with Crippen LogP contribution in [0.15, 0.2) is 54.7 Å². The van der Waals surface area contributed by atoms with Crippen LogP contribution >= 0.6 is 0 Å². The second-order valence-corrected chi connectivity index (χ2v) is 5.45. The highest BCUT2D eigenvalue weighted by Crippen LogP contribution is 2.11. The van der Waals surface area contributed by atoms with Gasteiger partial charge < -0.3 is 10.6 Å². The van der Waals surface area contributed by atoms with Crippen LogP contribution in [0.2, 0.25) is 0 Å². The van der Waals surface area contributed by atoms with Crippen molar-refractivity contribution in [2.24, 2.45) is 0 Å². The molecule has 0 spiro atoms. The number of aryl methyl sites for hydroxylation is 1. The average Bonchev–Trinajstić information content (AvgIpc) is 2.61. The van der Waals surface area contributed by atoms with Gasteiger partial charge in [0, 0.05) is 18.7 Å². The SMILES string of the molecule is Cc1ccc(CNc2nncc(NCc3ccccc3F)n2)cc1. The largest absolute Gasteiger partial charge is 0.364 e. The number of benzene rings is 2. The van der Waals surface area contributed by atoms with Crippen LogP contribution in [0.3, 0.4) is 0 Å². The van der Waals surface area contributed by atoms with E-state index in [1.807, 2.05) is 0 Å². The molecule has 0 radical (unpaired) electrons. The molecular weight excluding hydrogens is 305 g/mol. The van der Waals surface area contributed by atoms with Crippen molar-refractivity contribution in [2.75, 3.05) is 10.6 Å². The Labute approximate surface area is 140 Å². The standard InChI is InChI=1S/C18H18FN5/c1-13-6-8-14(9-7-13)10-21-18-23-17(12-22-24-18)20-11-15-4-2-3-5-16(15)19/h2-9,12H,10-11H2,1H3,(H2,20,21,23,24). The Morgan fingerprint density at radius 3 is 2.54 bits per heavy atom. The maximum Gasteiger partial charge on any atom is 0.244 e. The Morgan fingerprint density at radius 1 is 0.958 bits per heavy atom. The van der Waals surface area contributed by atoms with Gasteiger partial charge in [-0.25, -0.2) is 4.39 Å². The molecule has 0 aliphatic rings. The van der Waals surface area contributed by atoms with Crippen LogP contribution in [-0.4, -0.2) is 15.2 Å². The number of hydrogen-bond donors (Lipinski definition) is 2. The van der Waals surface area contributed by atoms with Gasteiger partial charge in [-0.1, -0.05) is 48.0 Å². The predicted octanol–water partition coefficient (Wildman–Crippen LogP) is 3.54. The van der Waals surface area contributed by atoms with Gasteiger partial charge in [-0.2, -0.15) is 10.1 Å². The zero-order chi connectivity index (χ0) is 16.8. The summed E-state index contributed by atoms with van der Waals surface area (Å²) in [5, 5.41) is 14.1. The molecule has 0 atom stereocenters. The first-order chi connectivity index (χ1) is 11.7. The third-order valence-corrected chi connectivity index (χ3v) is 3.55. The zero-order valence-electron chi connectivity index (χ0n) is 13.3. The first-order valence-corrected chi connectivity index (χ1v) is 7.67. The molecule has 3 rings (SSSR count). The van der Waals surface area contributed by atoms with Gasteiger partial charge in [-0.05, 0) is 18.6 Å². The molecule has 0 saturated carbocycles. The van der Waals surface area contributed by atoms with Crippen LogP contribution in [0.4, 0.5) is 16.2 Å². The second kappa shape index (κ2) is 7.50. The summed E-state index contributed by atoms with van der Waals surface area (Å²) in [4.78, 5) is 4.33. The smallest absolute Gasteiger partial charge is 0.244 e. The molecule has 2 aromatic carbocycles. The third-order valence-electron chi connectivity index (χ3n) is 3.55. The van der Waals surface area contributed by atoms with Crippen LogP contribution in [-0.2, 0) is 13.1 Å². The van der Waals surface area contributed by atoms with Gasteiger partial charge in [-0.3, -0.25) is 0 Å². The lowest BCUT2D eigenvalue weighted by Gasteiger charge is -2.08. The van der Waals surface area contributed by atoms with Crippen molar-refractivity contribution in [3.8, 4) is 0 Å². The number of nitrogens with one attached hydrogen (secondary N) is 2. The summed E-state index contributed by atoms with van der Waals surface area (Å²) < 4.78 is 13.6. The van der Waals surface area contributed by atoms with Crippen LogP contribution in [0.25, 0.3) is 0 Å². The minimum atomic E-state index is -0.246. The molecule has 1 heterocycles. The monoisotopic (exact) mass is 323 g/mol. The summed E-state index contributed by atoms with van der Waals surface area (Å²) in [6.45, 7) is 3.00. The first-order valence-electron chi connectivity index (χ1n) is 7.67. The summed E-state index contributed by atoms with van der Waals surface area (Å²) in [5.41, 5.74) is 2.93. The molecule has 0 aliphatic carbocycles. The Balaban J connectivity index is 1.59. The van der Waals surface area contributed by atoms with Gasteiger partial charge in [0.15, 0.2) is 5.82 Å². The Bertz CT molecular complexity index is 805. The van der Waals surface area contributed by atoms with Crippen molar-refractivity contribution >= 4 is 11.8 Å². The van der Waals surface area contributed by atoms with Crippen LogP contribution in [0.1, 0.15) is 16.7 Å². The molecule has 1 aromatic heterocycles. The molecule has 2 N–H and O–H groups in total. The van der Waals surface area contributed by atoms with Crippen molar-refractivity contribution < 1.29 is 4.39 Å². The maximum absolute atomic E-state index is 13.6. The number of anilines is 2. The van der Waals surface area contributed by atoms with E-state index < -0.39 is 0 Å². The summed E-state index contributed by atoms with van der Waals surface area (Å²) in [6, 6.07) is 14.8. The van der Waals surface area contributed by atoms with E-state index in [1.54, 1.807) is 18.2 Å². The molecule has 24 heavy (non-hydrogen) atoms. The molecule has 0 bridgehead atoms. The summed E-state index contributed by atoms with van der Waals surface area (Å²) in [7, 11) is 0. The third kappa shape index (κ3) is 4.25. The van der Waals surface area contributed by atoms with Gasteiger partial charge >= 0.3 is 0 Å². The number of aromatic nitrogens is 3. The van der Waals surface area contributed by atoms with Gasteiger partial charge in [0.05, 0.1) is 6.20 Å². The van der Waals surface area contributed by atoms with E-state index in [9.17, 15) is 4.39 Å². The fourth-order valence-corrected chi connectivity index (χ4v) is 2.18. The highest BCUT2D eigenvalue weighted by Gasteiger charge is 2.03. The number of nitrogens with zero attached hydrogens (tertiary/aromatic N) is 3. The van der Waals surface area contributed by atoms with Gasteiger partial charge in [0.2, 0.25) is 5.95 Å². The Hall–Kier alpha value is -3.02. The molecule has 6 heteroatoms. The topological polar surface area (TPSA) is 62.7 Å². The predicted molar refractivity (Wildman–Crippen MR) is 92.1 cm³/mol. The normalized spacial score (nSPS) is 10.4. The first kappa shape index (κ1) is 15.9. The molecule has 0 fully saturated rings. The highest BCUT2D eigenvalue weighted by atomic mass is 19.1. The van der Waals surface area contributed by atoms with Crippen molar-refractivity contribution in [2.45, 2.75) is 20.0 Å². The van der Waals surface area contributed by atoms with E-state index in [-0.39, 0.29) is 5.82 Å². The van der Waals surface area contributed by atoms with Crippen LogP contribution < -0.4 is 10.6 Å². The molecule has 0 amide bonds. The molecule has 0 unspecified atom stereocenters. The van der Waals surface area contributed by atoms with Gasteiger partial charge in [0.1, 0.15) is 5.82 Å². The maximum atomic E-state index is 13.6. The Morgan fingerprint density at radius 2 is 1.75 bits per heavy atom. The van der Waals surface area contributed by atoms with Crippen LogP contribution in [0, 0.1) is 12.7 Å². The fourth-order valence-electron chi connectivity index (χ4n) is 2.18. The summed E-state index contributed by atoms with van der Waals surface area (Å²) in [6.07, 6.45) is 1.51. The average molecular weight is 323 g/mol. The molecular formula is C18H18FN5. The van der Waals surface area contributed by atoms with E-state index in [0.717, 1.165) is 5.56 Å². The van der Waals surface area contributed by atoms with Crippen LogP contribution in [0.5, 0.6) is 0 Å².